The van der Waals surface area contributed by atoms with Crippen LogP contribution >= 0.6 is 0 Å². The molecule has 1 aromatic rings. The molecule has 0 unspecified atom stereocenters. The number of benzene rings is 1. The van der Waals surface area contributed by atoms with Crippen molar-refractivity contribution in [3.63, 3.8) is 0 Å². The van der Waals surface area contributed by atoms with Gasteiger partial charge >= 0.3 is 12.4 Å². The van der Waals surface area contributed by atoms with E-state index in [1.807, 2.05) is 0 Å². The largest absolute Gasteiger partial charge is 0.573 e. The topological polar surface area (TPSA) is 70.6 Å². The molecule has 0 bridgehead atoms. The minimum absolute atomic E-state index is 0.0462. The molecule has 8 heteroatoms. The Hall–Kier alpha value is -1.96. The molecule has 0 radical (unpaired) electrons. The number of amides is 2. The Morgan fingerprint density at radius 3 is 2.45 bits per heavy atom. The number of ether oxygens (including phenoxy) is 1. The van der Waals surface area contributed by atoms with Gasteiger partial charge in [0.1, 0.15) is 5.75 Å². The van der Waals surface area contributed by atoms with Gasteiger partial charge < -0.3 is 20.5 Å². The molecule has 0 aliphatic carbocycles. The summed E-state index contributed by atoms with van der Waals surface area (Å²) in [5.41, 5.74) is -0.853. The van der Waals surface area contributed by atoms with Crippen molar-refractivity contribution >= 4 is 11.7 Å². The van der Waals surface area contributed by atoms with Crippen molar-refractivity contribution in [3.05, 3.63) is 24.3 Å². The number of nitrogens with one attached hydrogen (secondary N) is 2. The van der Waals surface area contributed by atoms with Crippen LogP contribution < -0.4 is 15.4 Å². The molecule has 1 aromatic carbocycles. The first-order chi connectivity index (χ1) is 10.2. The zero-order chi connectivity index (χ0) is 16.8. The third kappa shape index (κ3) is 6.21. The van der Waals surface area contributed by atoms with Gasteiger partial charge in [-0.25, -0.2) is 4.79 Å². The summed E-state index contributed by atoms with van der Waals surface area (Å²) in [6.07, 6.45) is -3.85. The van der Waals surface area contributed by atoms with E-state index in [0.717, 1.165) is 12.1 Å². The average Bonchev–Trinajstić information content (AvgIpc) is 2.43. The number of alkyl halides is 3. The second-order valence-electron chi connectivity index (χ2n) is 4.81. The van der Waals surface area contributed by atoms with Crippen LogP contribution in [-0.2, 0) is 0 Å². The van der Waals surface area contributed by atoms with Crippen molar-refractivity contribution in [2.75, 3.05) is 11.9 Å². The van der Waals surface area contributed by atoms with E-state index in [4.69, 9.17) is 0 Å². The summed E-state index contributed by atoms with van der Waals surface area (Å²) in [4.78, 5) is 11.7. The van der Waals surface area contributed by atoms with E-state index in [0.29, 0.717) is 12.8 Å². The number of anilines is 1. The maximum atomic E-state index is 12.1. The minimum Gasteiger partial charge on any atom is -0.406 e. The molecule has 0 fully saturated rings. The van der Waals surface area contributed by atoms with Crippen LogP contribution in [0.5, 0.6) is 5.75 Å². The summed E-state index contributed by atoms with van der Waals surface area (Å²) in [5, 5.41) is 14.9. The van der Waals surface area contributed by atoms with E-state index < -0.39 is 23.7 Å². The Morgan fingerprint density at radius 2 is 1.91 bits per heavy atom. The predicted molar refractivity (Wildman–Crippen MR) is 75.7 cm³/mol. The van der Waals surface area contributed by atoms with Crippen molar-refractivity contribution in [2.24, 2.45) is 0 Å². The Kier molecular flexibility index (Phi) is 6.04. The zero-order valence-electron chi connectivity index (χ0n) is 12.3. The SMILES string of the molecule is CCC(O)(CC)CNC(=O)Nc1cccc(OC(F)(F)F)c1. The molecule has 0 atom stereocenters. The highest BCUT2D eigenvalue weighted by Gasteiger charge is 2.31. The summed E-state index contributed by atoms with van der Waals surface area (Å²) in [6.45, 7) is 3.63. The zero-order valence-corrected chi connectivity index (χ0v) is 12.3. The van der Waals surface area contributed by atoms with Crippen molar-refractivity contribution < 1.29 is 27.8 Å². The highest BCUT2D eigenvalue weighted by molar-refractivity contribution is 5.89. The van der Waals surface area contributed by atoms with Crippen molar-refractivity contribution in [1.82, 2.24) is 5.32 Å². The van der Waals surface area contributed by atoms with Gasteiger partial charge in [0, 0.05) is 18.3 Å². The molecule has 0 saturated carbocycles. The van der Waals surface area contributed by atoms with E-state index in [9.17, 15) is 23.1 Å². The van der Waals surface area contributed by atoms with E-state index in [1.165, 1.54) is 12.1 Å². The van der Waals surface area contributed by atoms with Gasteiger partial charge in [0.05, 0.1) is 5.60 Å². The van der Waals surface area contributed by atoms with Gasteiger partial charge in [0.2, 0.25) is 0 Å². The predicted octanol–water partition coefficient (Wildman–Crippen LogP) is 3.26. The number of carbonyl (C=O) groups excluding carboxylic acids is 1. The lowest BCUT2D eigenvalue weighted by Crippen LogP contribution is -2.43. The number of halogens is 3. The summed E-state index contributed by atoms with van der Waals surface area (Å²) >= 11 is 0. The van der Waals surface area contributed by atoms with Crippen LogP contribution in [0.4, 0.5) is 23.7 Å². The fraction of sp³-hybridized carbons (Fsp3) is 0.500. The smallest absolute Gasteiger partial charge is 0.406 e. The minimum atomic E-state index is -4.79. The molecule has 5 nitrogen and oxygen atoms in total. The molecule has 124 valence electrons. The highest BCUT2D eigenvalue weighted by Crippen LogP contribution is 2.25. The Morgan fingerprint density at radius 1 is 1.27 bits per heavy atom. The monoisotopic (exact) mass is 320 g/mol. The molecular formula is C14H19F3N2O3. The van der Waals surface area contributed by atoms with E-state index in [1.54, 1.807) is 13.8 Å². The Labute approximate surface area is 126 Å². The van der Waals surface area contributed by atoms with Crippen molar-refractivity contribution in [3.8, 4) is 5.75 Å². The number of hydrogen-bond acceptors (Lipinski definition) is 3. The first kappa shape index (κ1) is 18.1. The van der Waals surface area contributed by atoms with Crippen LogP contribution in [0, 0.1) is 0 Å². The fourth-order valence-electron chi connectivity index (χ4n) is 1.69. The third-order valence-electron chi connectivity index (χ3n) is 3.22. The van der Waals surface area contributed by atoms with E-state index >= 15 is 0 Å². The number of rotatable bonds is 6. The van der Waals surface area contributed by atoms with Gasteiger partial charge in [-0.15, -0.1) is 13.2 Å². The molecule has 0 saturated heterocycles. The van der Waals surface area contributed by atoms with Gasteiger partial charge in [0.25, 0.3) is 0 Å². The van der Waals surface area contributed by atoms with Crippen LogP contribution in [0.2, 0.25) is 0 Å². The second-order valence-corrected chi connectivity index (χ2v) is 4.81. The standard InChI is InChI=1S/C14H19F3N2O3/c1-3-13(21,4-2)9-18-12(20)19-10-6-5-7-11(8-10)22-14(15,16)17/h5-8,21H,3-4,9H2,1-2H3,(H2,18,19,20). The summed E-state index contributed by atoms with van der Waals surface area (Å²) < 4.78 is 40.1. The quantitative estimate of drug-likeness (QED) is 0.753. The fourth-order valence-corrected chi connectivity index (χ4v) is 1.69. The van der Waals surface area contributed by atoms with Gasteiger partial charge in [-0.3, -0.25) is 0 Å². The molecule has 1 rings (SSSR count). The van der Waals surface area contributed by atoms with Crippen LogP contribution in [0.1, 0.15) is 26.7 Å². The Balaban J connectivity index is 2.60. The third-order valence-corrected chi connectivity index (χ3v) is 3.22. The van der Waals surface area contributed by atoms with Gasteiger partial charge in [-0.2, -0.15) is 0 Å². The van der Waals surface area contributed by atoms with Gasteiger partial charge in [-0.1, -0.05) is 19.9 Å². The molecule has 0 aromatic heterocycles. The number of urea groups is 1. The first-order valence-electron chi connectivity index (χ1n) is 6.80. The molecule has 2 amide bonds. The van der Waals surface area contributed by atoms with Crippen molar-refractivity contribution in [2.45, 2.75) is 38.7 Å². The van der Waals surface area contributed by atoms with Crippen LogP contribution in [0.15, 0.2) is 24.3 Å². The van der Waals surface area contributed by atoms with E-state index in [2.05, 4.69) is 15.4 Å². The highest BCUT2D eigenvalue weighted by atomic mass is 19.4. The second kappa shape index (κ2) is 7.35. The Bertz CT molecular complexity index is 502. The molecular weight excluding hydrogens is 301 g/mol. The first-order valence-corrected chi connectivity index (χ1v) is 6.80. The lowest BCUT2D eigenvalue weighted by Gasteiger charge is -2.25. The molecule has 3 N–H and O–H groups in total. The normalized spacial score (nSPS) is 11.9. The lowest BCUT2D eigenvalue weighted by atomic mass is 9.98. The molecule has 0 heterocycles. The molecule has 0 aliphatic rings. The van der Waals surface area contributed by atoms with Crippen LogP contribution in [0.25, 0.3) is 0 Å². The summed E-state index contributed by atoms with van der Waals surface area (Å²) in [5.74, 6) is -0.427. The van der Waals surface area contributed by atoms with E-state index in [-0.39, 0.29) is 12.2 Å². The number of carbonyl (C=O) groups is 1. The maximum Gasteiger partial charge on any atom is 0.573 e. The van der Waals surface area contributed by atoms with Crippen LogP contribution in [-0.4, -0.2) is 29.6 Å². The van der Waals surface area contributed by atoms with Gasteiger partial charge in [0.15, 0.2) is 0 Å². The summed E-state index contributed by atoms with van der Waals surface area (Å²) in [6, 6.07) is 4.31. The average molecular weight is 320 g/mol. The van der Waals surface area contributed by atoms with Crippen LogP contribution in [0.3, 0.4) is 0 Å². The number of aliphatic hydroxyl groups is 1. The van der Waals surface area contributed by atoms with Gasteiger partial charge in [-0.05, 0) is 25.0 Å². The molecule has 0 aliphatic heterocycles. The lowest BCUT2D eigenvalue weighted by molar-refractivity contribution is -0.274. The maximum absolute atomic E-state index is 12.1. The number of hydrogen-bond donors (Lipinski definition) is 3. The summed E-state index contributed by atoms with van der Waals surface area (Å²) in [7, 11) is 0. The molecule has 0 spiro atoms. The van der Waals surface area contributed by atoms with Crippen molar-refractivity contribution in [1.29, 1.82) is 0 Å². The molecule has 22 heavy (non-hydrogen) atoms.